The number of thioether (sulfide) groups is 1. The second-order valence-corrected chi connectivity index (χ2v) is 3.06. The second-order valence-electron chi connectivity index (χ2n) is 2.18. The van der Waals surface area contributed by atoms with Crippen molar-refractivity contribution in [2.45, 2.75) is 6.42 Å². The van der Waals surface area contributed by atoms with Gasteiger partial charge in [0.15, 0.2) is 0 Å². The molecular weight excluding hydrogens is 154 g/mol. The van der Waals surface area contributed by atoms with E-state index in [-0.39, 0.29) is 0 Å². The number of nitriles is 1. The van der Waals surface area contributed by atoms with E-state index in [4.69, 9.17) is 5.26 Å². The Labute approximate surface area is 71.1 Å². The van der Waals surface area contributed by atoms with Crippen LogP contribution in [0.3, 0.4) is 0 Å². The molecule has 0 atom stereocenters. The third kappa shape index (κ3) is 2.28. The molecule has 0 saturated carbocycles. The van der Waals surface area contributed by atoms with Crippen molar-refractivity contribution in [3.63, 3.8) is 0 Å². The number of nitrogens with zero attached hydrogens (tertiary/aromatic N) is 1. The molecular formula is C9H9NS. The van der Waals surface area contributed by atoms with E-state index in [1.807, 2.05) is 24.5 Å². The average Bonchev–Trinajstić information content (AvgIpc) is 2.28. The van der Waals surface area contributed by atoms with E-state index >= 15 is 0 Å². The summed E-state index contributed by atoms with van der Waals surface area (Å²) in [4.78, 5) is 1.23. The summed E-state index contributed by atoms with van der Waals surface area (Å²) in [6.45, 7) is 0. The van der Waals surface area contributed by atoms with Gasteiger partial charge >= 0.3 is 0 Å². The first-order valence-corrected chi connectivity index (χ1v) is 4.61. The van der Waals surface area contributed by atoms with Gasteiger partial charge < -0.3 is 0 Å². The fourth-order valence-electron chi connectivity index (χ4n) is 0.840. The van der Waals surface area contributed by atoms with Gasteiger partial charge in [-0.1, -0.05) is 12.2 Å². The van der Waals surface area contributed by atoms with Gasteiger partial charge in [0.05, 0.1) is 6.07 Å². The summed E-state index contributed by atoms with van der Waals surface area (Å²) in [5, 5.41) is 8.59. The van der Waals surface area contributed by atoms with Crippen molar-refractivity contribution in [1.29, 1.82) is 5.26 Å². The molecule has 1 aliphatic carbocycles. The summed E-state index contributed by atoms with van der Waals surface area (Å²) in [5.41, 5.74) is 0.824. The van der Waals surface area contributed by atoms with E-state index in [0.29, 0.717) is 0 Å². The molecule has 0 fully saturated rings. The lowest BCUT2D eigenvalue weighted by molar-refractivity contribution is 1.28. The van der Waals surface area contributed by atoms with Crippen LogP contribution in [0.5, 0.6) is 0 Å². The van der Waals surface area contributed by atoms with Crippen LogP contribution in [-0.2, 0) is 0 Å². The van der Waals surface area contributed by atoms with Crippen LogP contribution in [0.15, 0.2) is 34.8 Å². The minimum absolute atomic E-state index is 0.764. The average molecular weight is 163 g/mol. The molecule has 1 aliphatic rings. The molecule has 0 spiro atoms. The Bertz CT molecular complexity index is 266. The van der Waals surface area contributed by atoms with E-state index in [1.54, 1.807) is 11.8 Å². The monoisotopic (exact) mass is 163 g/mol. The Morgan fingerprint density at radius 1 is 1.64 bits per heavy atom. The zero-order valence-corrected chi connectivity index (χ0v) is 7.19. The summed E-state index contributed by atoms with van der Waals surface area (Å²) in [7, 11) is 0. The predicted molar refractivity (Wildman–Crippen MR) is 49.1 cm³/mol. The number of hydrogen-bond donors (Lipinski definition) is 0. The first kappa shape index (κ1) is 8.16. The van der Waals surface area contributed by atoms with E-state index in [1.165, 1.54) is 4.91 Å². The zero-order valence-electron chi connectivity index (χ0n) is 6.37. The van der Waals surface area contributed by atoms with Crippen molar-refractivity contribution in [2.75, 3.05) is 6.26 Å². The maximum Gasteiger partial charge on any atom is 0.0950 e. The van der Waals surface area contributed by atoms with Gasteiger partial charge in [-0.25, -0.2) is 0 Å². The normalized spacial score (nSPS) is 16.4. The van der Waals surface area contributed by atoms with Gasteiger partial charge in [-0.3, -0.25) is 0 Å². The van der Waals surface area contributed by atoms with Crippen LogP contribution >= 0.6 is 11.8 Å². The molecule has 0 aromatic heterocycles. The molecule has 0 N–H and O–H groups in total. The molecule has 1 nitrogen and oxygen atoms in total. The summed E-state index contributed by atoms with van der Waals surface area (Å²) < 4.78 is 0. The molecule has 0 saturated heterocycles. The smallest absolute Gasteiger partial charge is 0.0950 e. The van der Waals surface area contributed by atoms with E-state index in [0.717, 1.165) is 12.0 Å². The highest BCUT2D eigenvalue weighted by Crippen LogP contribution is 2.18. The summed E-state index contributed by atoms with van der Waals surface area (Å²) in [5.74, 6) is 0. The third-order valence-corrected chi connectivity index (χ3v) is 2.23. The maximum atomic E-state index is 8.59. The Balaban J connectivity index is 2.76. The summed E-state index contributed by atoms with van der Waals surface area (Å²) >= 11 is 1.70. The van der Waals surface area contributed by atoms with Crippen molar-refractivity contribution in [1.82, 2.24) is 0 Å². The number of hydrogen-bond acceptors (Lipinski definition) is 2. The van der Waals surface area contributed by atoms with Gasteiger partial charge in [-0.2, -0.15) is 5.26 Å². The van der Waals surface area contributed by atoms with Crippen LogP contribution in [0.4, 0.5) is 0 Å². The number of allylic oxidation sites excluding steroid dienone is 5. The largest absolute Gasteiger partial charge is 0.193 e. The SMILES string of the molecule is CSC1=CCC(C#N)=CC=C1. The molecule has 11 heavy (non-hydrogen) atoms. The second kappa shape index (κ2) is 4.05. The first-order chi connectivity index (χ1) is 5.36. The molecule has 0 radical (unpaired) electrons. The molecule has 0 aromatic rings. The molecule has 0 aliphatic heterocycles. The van der Waals surface area contributed by atoms with Crippen LogP contribution in [0.1, 0.15) is 6.42 Å². The molecule has 0 aromatic carbocycles. The summed E-state index contributed by atoms with van der Waals surface area (Å²) in [6.07, 6.45) is 10.7. The van der Waals surface area contributed by atoms with Crippen LogP contribution < -0.4 is 0 Å². The van der Waals surface area contributed by atoms with Crippen LogP contribution in [0.2, 0.25) is 0 Å². The van der Waals surface area contributed by atoms with Gasteiger partial charge in [-0.15, -0.1) is 11.8 Å². The van der Waals surface area contributed by atoms with E-state index < -0.39 is 0 Å². The standard InChI is InChI=1S/C9H9NS/c1-11-9-4-2-3-8(7-10)5-6-9/h2-4,6H,5H2,1H3. The molecule has 2 heteroatoms. The highest BCUT2D eigenvalue weighted by molar-refractivity contribution is 8.02. The Hall–Kier alpha value is -0.940. The van der Waals surface area contributed by atoms with Crippen LogP contribution in [-0.4, -0.2) is 6.26 Å². The molecule has 56 valence electrons. The lowest BCUT2D eigenvalue weighted by atomic mass is 10.2. The van der Waals surface area contributed by atoms with Crippen LogP contribution in [0.25, 0.3) is 0 Å². The highest BCUT2D eigenvalue weighted by Gasteiger charge is 1.96. The Morgan fingerprint density at radius 2 is 2.45 bits per heavy atom. The van der Waals surface area contributed by atoms with Gasteiger partial charge in [0.2, 0.25) is 0 Å². The minimum Gasteiger partial charge on any atom is -0.193 e. The lowest BCUT2D eigenvalue weighted by Crippen LogP contribution is -1.72. The van der Waals surface area contributed by atoms with Crippen molar-refractivity contribution >= 4 is 11.8 Å². The molecule has 1 rings (SSSR count). The van der Waals surface area contributed by atoms with E-state index in [9.17, 15) is 0 Å². The number of rotatable bonds is 1. The van der Waals surface area contributed by atoms with E-state index in [2.05, 4.69) is 12.1 Å². The topological polar surface area (TPSA) is 23.8 Å². The molecule has 0 heterocycles. The molecule has 0 unspecified atom stereocenters. The Kier molecular flexibility index (Phi) is 3.00. The summed E-state index contributed by atoms with van der Waals surface area (Å²) in [6, 6.07) is 2.14. The first-order valence-electron chi connectivity index (χ1n) is 3.38. The Morgan fingerprint density at radius 3 is 3.09 bits per heavy atom. The predicted octanol–water partition coefficient (Wildman–Crippen LogP) is 2.64. The van der Waals surface area contributed by atoms with Crippen molar-refractivity contribution in [2.24, 2.45) is 0 Å². The zero-order chi connectivity index (χ0) is 8.10. The third-order valence-electron chi connectivity index (χ3n) is 1.46. The highest BCUT2D eigenvalue weighted by atomic mass is 32.2. The quantitative estimate of drug-likeness (QED) is 0.593. The van der Waals surface area contributed by atoms with Crippen LogP contribution in [0, 0.1) is 11.3 Å². The van der Waals surface area contributed by atoms with Gasteiger partial charge in [-0.05, 0) is 18.4 Å². The fraction of sp³-hybridized carbons (Fsp3) is 0.222. The lowest BCUT2D eigenvalue weighted by Gasteiger charge is -1.91. The fourth-order valence-corrected chi connectivity index (χ4v) is 1.30. The molecule has 0 amide bonds. The van der Waals surface area contributed by atoms with Crippen molar-refractivity contribution in [3.8, 4) is 6.07 Å². The van der Waals surface area contributed by atoms with Gasteiger partial charge in [0.25, 0.3) is 0 Å². The van der Waals surface area contributed by atoms with Crippen molar-refractivity contribution < 1.29 is 0 Å². The van der Waals surface area contributed by atoms with Gasteiger partial charge in [0, 0.05) is 16.9 Å². The minimum atomic E-state index is 0.764. The van der Waals surface area contributed by atoms with Crippen molar-refractivity contribution in [3.05, 3.63) is 34.8 Å². The molecule has 0 bridgehead atoms. The van der Waals surface area contributed by atoms with Gasteiger partial charge in [0.1, 0.15) is 0 Å². The maximum absolute atomic E-state index is 8.59.